The van der Waals surface area contributed by atoms with E-state index in [0.717, 1.165) is 22.3 Å². The Bertz CT molecular complexity index is 261. The van der Waals surface area contributed by atoms with E-state index in [1.54, 1.807) is 0 Å². The maximum Gasteiger partial charge on any atom is 0.0354 e. The predicted molar refractivity (Wildman–Crippen MR) is 56.2 cm³/mol. The van der Waals surface area contributed by atoms with Crippen molar-refractivity contribution in [3.63, 3.8) is 0 Å². The second-order valence-electron chi connectivity index (χ2n) is 2.58. The Kier molecular flexibility index (Phi) is 3.56. The van der Waals surface area contributed by atoms with Crippen molar-refractivity contribution in [1.29, 1.82) is 0 Å². The van der Waals surface area contributed by atoms with Crippen LogP contribution in [0.5, 0.6) is 0 Å². The van der Waals surface area contributed by atoms with Gasteiger partial charge in [-0.15, -0.1) is 0 Å². The Morgan fingerprint density at radius 3 is 2.75 bits per heavy atom. The van der Waals surface area contributed by atoms with E-state index in [2.05, 4.69) is 34.2 Å². The summed E-state index contributed by atoms with van der Waals surface area (Å²) < 4.78 is 1.07. The molecule has 0 aliphatic heterocycles. The molecule has 3 N–H and O–H groups in total. The lowest BCUT2D eigenvalue weighted by molar-refractivity contribution is 1.07. The molecule has 0 amide bonds. The van der Waals surface area contributed by atoms with Gasteiger partial charge < -0.3 is 11.1 Å². The summed E-state index contributed by atoms with van der Waals surface area (Å²) in [6.45, 7) is 3.58. The third kappa shape index (κ3) is 2.50. The first-order valence-corrected chi connectivity index (χ1v) is 4.79. The molecule has 0 aliphatic rings. The summed E-state index contributed by atoms with van der Waals surface area (Å²) in [5.74, 6) is 0. The van der Waals surface area contributed by atoms with Gasteiger partial charge in [-0.1, -0.05) is 15.9 Å². The van der Waals surface area contributed by atoms with Gasteiger partial charge in [-0.2, -0.15) is 0 Å². The van der Waals surface area contributed by atoms with Crippen molar-refractivity contribution >= 4 is 21.6 Å². The maximum absolute atomic E-state index is 5.54. The second-order valence-corrected chi connectivity index (χ2v) is 3.50. The van der Waals surface area contributed by atoms with Crippen molar-refractivity contribution < 1.29 is 0 Å². The monoisotopic (exact) mass is 228 g/mol. The van der Waals surface area contributed by atoms with Crippen LogP contribution in [0.15, 0.2) is 22.7 Å². The van der Waals surface area contributed by atoms with Crippen LogP contribution in [0, 0.1) is 0 Å². The molecular formula is C9H13BrN2. The Hall–Kier alpha value is -0.540. The molecule has 0 unspecified atom stereocenters. The molecule has 0 fully saturated rings. The minimum Gasteiger partial charge on any atom is -0.385 e. The molecule has 1 aromatic rings. The van der Waals surface area contributed by atoms with Crippen molar-refractivity contribution in [3.05, 3.63) is 28.2 Å². The highest BCUT2D eigenvalue weighted by Gasteiger charge is 1.96. The number of benzene rings is 1. The lowest BCUT2D eigenvalue weighted by atomic mass is 10.2. The maximum atomic E-state index is 5.54. The van der Waals surface area contributed by atoms with Gasteiger partial charge in [0, 0.05) is 23.2 Å². The number of nitrogens with two attached hydrogens (primary N) is 1. The van der Waals surface area contributed by atoms with Crippen LogP contribution in [-0.2, 0) is 6.54 Å². The van der Waals surface area contributed by atoms with Gasteiger partial charge in [0.05, 0.1) is 0 Å². The SMILES string of the molecule is CCNc1cc(Br)cc(CN)c1. The van der Waals surface area contributed by atoms with Gasteiger partial charge in [0.2, 0.25) is 0 Å². The number of halogens is 1. The molecule has 0 aliphatic carbocycles. The molecule has 66 valence electrons. The summed E-state index contributed by atoms with van der Waals surface area (Å²) >= 11 is 3.43. The lowest BCUT2D eigenvalue weighted by Crippen LogP contribution is -2.00. The van der Waals surface area contributed by atoms with Gasteiger partial charge in [-0.05, 0) is 30.7 Å². The quantitative estimate of drug-likeness (QED) is 0.834. The molecule has 1 aromatic carbocycles. The molecule has 0 heterocycles. The Balaban J connectivity index is 2.90. The average Bonchev–Trinajstić information content (AvgIpc) is 2.04. The topological polar surface area (TPSA) is 38.0 Å². The summed E-state index contributed by atoms with van der Waals surface area (Å²) in [5, 5.41) is 3.24. The Labute approximate surface area is 81.3 Å². The van der Waals surface area contributed by atoms with E-state index < -0.39 is 0 Å². The number of rotatable bonds is 3. The van der Waals surface area contributed by atoms with Crippen molar-refractivity contribution in [2.75, 3.05) is 11.9 Å². The molecule has 0 saturated heterocycles. The molecular weight excluding hydrogens is 216 g/mol. The van der Waals surface area contributed by atoms with E-state index in [-0.39, 0.29) is 0 Å². The van der Waals surface area contributed by atoms with E-state index in [1.165, 1.54) is 0 Å². The van der Waals surface area contributed by atoms with Gasteiger partial charge in [0.1, 0.15) is 0 Å². The van der Waals surface area contributed by atoms with Gasteiger partial charge in [0.15, 0.2) is 0 Å². The molecule has 3 heteroatoms. The van der Waals surface area contributed by atoms with E-state index in [0.29, 0.717) is 6.54 Å². The summed E-state index contributed by atoms with van der Waals surface area (Å²) in [7, 11) is 0. The Morgan fingerprint density at radius 1 is 1.42 bits per heavy atom. The van der Waals surface area contributed by atoms with Crippen molar-refractivity contribution in [1.82, 2.24) is 0 Å². The molecule has 0 aromatic heterocycles. The fourth-order valence-corrected chi connectivity index (χ4v) is 1.62. The summed E-state index contributed by atoms with van der Waals surface area (Å²) in [6, 6.07) is 6.14. The first-order valence-electron chi connectivity index (χ1n) is 3.99. The number of anilines is 1. The Morgan fingerprint density at radius 2 is 2.17 bits per heavy atom. The van der Waals surface area contributed by atoms with Crippen LogP contribution < -0.4 is 11.1 Å². The fraction of sp³-hybridized carbons (Fsp3) is 0.333. The molecule has 12 heavy (non-hydrogen) atoms. The van der Waals surface area contributed by atoms with Crippen LogP contribution >= 0.6 is 15.9 Å². The standard InChI is InChI=1S/C9H13BrN2/c1-2-12-9-4-7(6-11)3-8(10)5-9/h3-5,12H,2,6,11H2,1H3. The van der Waals surface area contributed by atoms with Crippen molar-refractivity contribution in [3.8, 4) is 0 Å². The second kappa shape index (κ2) is 4.48. The zero-order valence-electron chi connectivity index (χ0n) is 7.10. The van der Waals surface area contributed by atoms with Crippen molar-refractivity contribution in [2.45, 2.75) is 13.5 Å². The van der Waals surface area contributed by atoms with E-state index in [4.69, 9.17) is 5.73 Å². The van der Waals surface area contributed by atoms with Gasteiger partial charge in [0.25, 0.3) is 0 Å². The largest absolute Gasteiger partial charge is 0.385 e. The zero-order chi connectivity index (χ0) is 8.97. The summed E-state index contributed by atoms with van der Waals surface area (Å²) in [6.07, 6.45) is 0. The third-order valence-corrected chi connectivity index (χ3v) is 2.03. The molecule has 0 spiro atoms. The number of hydrogen-bond donors (Lipinski definition) is 2. The van der Waals surface area contributed by atoms with Gasteiger partial charge in [-0.25, -0.2) is 0 Å². The lowest BCUT2D eigenvalue weighted by Gasteiger charge is -2.05. The first-order chi connectivity index (χ1) is 5.76. The molecule has 0 bridgehead atoms. The molecule has 2 nitrogen and oxygen atoms in total. The van der Waals surface area contributed by atoms with Crippen LogP contribution in [0.2, 0.25) is 0 Å². The van der Waals surface area contributed by atoms with E-state index >= 15 is 0 Å². The summed E-state index contributed by atoms with van der Waals surface area (Å²) in [4.78, 5) is 0. The molecule has 0 saturated carbocycles. The third-order valence-electron chi connectivity index (χ3n) is 1.57. The van der Waals surface area contributed by atoms with E-state index in [1.807, 2.05) is 12.1 Å². The minimum absolute atomic E-state index is 0.581. The average molecular weight is 229 g/mol. The van der Waals surface area contributed by atoms with Gasteiger partial charge in [-0.3, -0.25) is 0 Å². The molecule has 1 rings (SSSR count). The number of nitrogens with one attached hydrogen (secondary N) is 1. The predicted octanol–water partition coefficient (Wildman–Crippen LogP) is 2.34. The smallest absolute Gasteiger partial charge is 0.0354 e. The highest BCUT2D eigenvalue weighted by atomic mass is 79.9. The van der Waals surface area contributed by atoms with Crippen LogP contribution in [0.1, 0.15) is 12.5 Å². The first kappa shape index (κ1) is 9.55. The van der Waals surface area contributed by atoms with Crippen molar-refractivity contribution in [2.24, 2.45) is 5.73 Å². The van der Waals surface area contributed by atoms with Crippen LogP contribution in [0.25, 0.3) is 0 Å². The molecule has 0 radical (unpaired) electrons. The van der Waals surface area contributed by atoms with Crippen LogP contribution in [-0.4, -0.2) is 6.54 Å². The number of hydrogen-bond acceptors (Lipinski definition) is 2. The van der Waals surface area contributed by atoms with E-state index in [9.17, 15) is 0 Å². The minimum atomic E-state index is 0.581. The fourth-order valence-electron chi connectivity index (χ4n) is 1.07. The zero-order valence-corrected chi connectivity index (χ0v) is 8.69. The van der Waals surface area contributed by atoms with Crippen LogP contribution in [0.4, 0.5) is 5.69 Å². The highest BCUT2D eigenvalue weighted by molar-refractivity contribution is 9.10. The van der Waals surface area contributed by atoms with Crippen LogP contribution in [0.3, 0.4) is 0 Å². The van der Waals surface area contributed by atoms with Gasteiger partial charge >= 0.3 is 0 Å². The molecule has 0 atom stereocenters. The highest BCUT2D eigenvalue weighted by Crippen LogP contribution is 2.18. The normalized spacial score (nSPS) is 9.92. The summed E-state index contributed by atoms with van der Waals surface area (Å²) in [5.41, 5.74) is 7.79.